The second-order valence-electron chi connectivity index (χ2n) is 10.7. The predicted octanol–water partition coefficient (Wildman–Crippen LogP) is 4.63. The molecule has 0 spiro atoms. The number of carbonyl (C=O) groups excluding carboxylic acids is 2. The third-order valence-corrected chi connectivity index (χ3v) is 7.22. The molecule has 3 aromatic rings. The Kier molecular flexibility index (Phi) is 9.43. The standard InChI is InChI=1S/C28H26F7N7O4/c29-22-5-4-21(46-28(33,34)35)9-18(22)11-36-25(43)24-14-42(40-39-24)6-2-1-3-20-8-17-7-16(10-23(17)38-37-20)19-12-41(13-19)26(44)45-15-27(30,31)32/h4-5,7-9,14,19H,1-3,6,10-13,15H2,(H,36,43). The number of carbonyl (C=O) groups is 2. The normalized spacial score (nSPS) is 14.8. The first-order chi connectivity index (χ1) is 21.7. The molecule has 46 heavy (non-hydrogen) atoms. The van der Waals surface area contributed by atoms with Crippen molar-refractivity contribution in [3.8, 4) is 5.75 Å². The largest absolute Gasteiger partial charge is 0.573 e. The fraction of sp³-hybridized carbons (Fsp3) is 0.429. The van der Waals surface area contributed by atoms with Crippen molar-refractivity contribution in [2.75, 3.05) is 19.7 Å². The predicted molar refractivity (Wildman–Crippen MR) is 143 cm³/mol. The van der Waals surface area contributed by atoms with Crippen molar-refractivity contribution in [1.29, 1.82) is 0 Å². The monoisotopic (exact) mass is 657 g/mol. The van der Waals surface area contributed by atoms with Gasteiger partial charge in [-0.15, -0.1) is 18.3 Å². The van der Waals surface area contributed by atoms with Crippen LogP contribution in [0.25, 0.3) is 6.08 Å². The molecule has 0 unspecified atom stereocenters. The molecule has 11 nitrogen and oxygen atoms in total. The lowest BCUT2D eigenvalue weighted by molar-refractivity contribution is -0.274. The van der Waals surface area contributed by atoms with Crippen molar-refractivity contribution in [3.05, 3.63) is 70.1 Å². The number of nitrogens with one attached hydrogen (secondary N) is 1. The summed E-state index contributed by atoms with van der Waals surface area (Å²) in [4.78, 5) is 25.4. The first-order valence-electron chi connectivity index (χ1n) is 14.0. The number of likely N-dealkylation sites (tertiary alicyclic amines) is 1. The molecule has 0 atom stereocenters. The maximum Gasteiger partial charge on any atom is 0.573 e. The van der Waals surface area contributed by atoms with E-state index in [1.54, 1.807) is 0 Å². The fourth-order valence-electron chi connectivity index (χ4n) is 4.90. The van der Waals surface area contributed by atoms with Crippen LogP contribution in [0.1, 0.15) is 45.8 Å². The van der Waals surface area contributed by atoms with Gasteiger partial charge in [0.15, 0.2) is 12.3 Å². The topological polar surface area (TPSA) is 124 Å². The second-order valence-corrected chi connectivity index (χ2v) is 10.7. The van der Waals surface area contributed by atoms with Crippen molar-refractivity contribution >= 4 is 18.1 Å². The van der Waals surface area contributed by atoms with Crippen molar-refractivity contribution in [3.63, 3.8) is 0 Å². The van der Waals surface area contributed by atoms with Gasteiger partial charge in [0, 0.05) is 44.1 Å². The lowest BCUT2D eigenvalue weighted by Crippen LogP contribution is -2.51. The molecule has 5 rings (SSSR count). The van der Waals surface area contributed by atoms with Gasteiger partial charge in [0.2, 0.25) is 0 Å². The molecule has 3 heterocycles. The molecule has 2 amide bonds. The summed E-state index contributed by atoms with van der Waals surface area (Å²) >= 11 is 0. The number of rotatable bonds is 11. The molecule has 1 aliphatic carbocycles. The smallest absolute Gasteiger partial charge is 0.440 e. The average Bonchev–Trinajstić information content (AvgIpc) is 3.59. The molecular weight excluding hydrogens is 631 g/mol. The van der Waals surface area contributed by atoms with Crippen LogP contribution in [0.2, 0.25) is 0 Å². The summed E-state index contributed by atoms with van der Waals surface area (Å²) in [5, 5.41) is 18.7. The Morgan fingerprint density at radius 3 is 2.54 bits per heavy atom. The third-order valence-electron chi connectivity index (χ3n) is 7.22. The zero-order valence-electron chi connectivity index (χ0n) is 23.9. The van der Waals surface area contributed by atoms with Crippen LogP contribution in [0.15, 0.2) is 36.0 Å². The van der Waals surface area contributed by atoms with Gasteiger partial charge in [0.25, 0.3) is 5.91 Å². The molecule has 1 fully saturated rings. The highest BCUT2D eigenvalue weighted by Gasteiger charge is 2.38. The number of nitrogens with zero attached hydrogens (tertiary/aromatic N) is 6. The van der Waals surface area contributed by atoms with Crippen molar-refractivity contribution in [2.45, 2.75) is 51.3 Å². The summed E-state index contributed by atoms with van der Waals surface area (Å²) in [6, 6.07) is 4.40. The highest BCUT2D eigenvalue weighted by atomic mass is 19.4. The Bertz CT molecular complexity index is 1620. The third kappa shape index (κ3) is 8.69. The Morgan fingerprint density at radius 2 is 1.80 bits per heavy atom. The molecule has 2 aliphatic rings. The zero-order chi connectivity index (χ0) is 33.1. The van der Waals surface area contributed by atoms with Gasteiger partial charge in [-0.1, -0.05) is 16.9 Å². The number of hydrogen-bond acceptors (Lipinski definition) is 8. The van der Waals surface area contributed by atoms with Crippen molar-refractivity contribution < 1.29 is 49.8 Å². The Labute approximate surface area is 256 Å². The van der Waals surface area contributed by atoms with Crippen LogP contribution in [-0.2, 0) is 30.7 Å². The first kappa shape index (κ1) is 32.6. The maximum absolute atomic E-state index is 14.0. The number of alkyl halides is 6. The number of amides is 2. The van der Waals surface area contributed by atoms with E-state index >= 15 is 0 Å². The second kappa shape index (κ2) is 13.3. The number of hydrogen-bond donors (Lipinski definition) is 1. The van der Waals surface area contributed by atoms with Gasteiger partial charge >= 0.3 is 18.6 Å². The molecule has 0 radical (unpaired) electrons. The minimum Gasteiger partial charge on any atom is -0.440 e. The van der Waals surface area contributed by atoms with Crippen LogP contribution in [0.4, 0.5) is 35.5 Å². The SMILES string of the molecule is O=C(NCc1cc(OC(F)(F)F)ccc1F)c1cn(CCCCc2cc3c(nn2)CC(C2CN(C(=O)OCC(F)(F)F)C2)=C3)nn1. The Morgan fingerprint density at radius 1 is 1.02 bits per heavy atom. The Balaban J connectivity index is 1.04. The van der Waals surface area contributed by atoms with E-state index in [0.29, 0.717) is 32.2 Å². The molecule has 18 heteroatoms. The van der Waals surface area contributed by atoms with Crippen LogP contribution >= 0.6 is 0 Å². The van der Waals surface area contributed by atoms with E-state index in [9.17, 15) is 40.3 Å². The van der Waals surface area contributed by atoms with E-state index in [1.165, 1.54) is 15.8 Å². The average molecular weight is 658 g/mol. The summed E-state index contributed by atoms with van der Waals surface area (Å²) in [5.74, 6) is -2.11. The lowest BCUT2D eigenvalue weighted by atomic mass is 9.91. The van der Waals surface area contributed by atoms with Gasteiger partial charge in [0.05, 0.1) is 17.6 Å². The van der Waals surface area contributed by atoms with Gasteiger partial charge < -0.3 is 19.7 Å². The quantitative estimate of drug-likeness (QED) is 0.234. The number of unbranched alkanes of at least 4 members (excludes halogenated alkanes) is 1. The van der Waals surface area contributed by atoms with E-state index in [4.69, 9.17) is 0 Å². The van der Waals surface area contributed by atoms with Gasteiger partial charge in [-0.2, -0.15) is 23.4 Å². The van der Waals surface area contributed by atoms with Gasteiger partial charge in [-0.3, -0.25) is 9.48 Å². The van der Waals surface area contributed by atoms with Crippen LogP contribution in [0, 0.1) is 11.7 Å². The minimum atomic E-state index is -4.94. The zero-order valence-corrected chi connectivity index (χ0v) is 23.9. The number of ether oxygens (including phenoxy) is 2. The van der Waals surface area contributed by atoms with Crippen LogP contribution in [-0.4, -0.2) is 74.3 Å². The molecule has 0 bridgehead atoms. The molecule has 1 saturated heterocycles. The van der Waals surface area contributed by atoms with Gasteiger partial charge in [-0.05, 0) is 49.1 Å². The van der Waals surface area contributed by atoms with Crippen molar-refractivity contribution in [2.24, 2.45) is 5.92 Å². The van der Waals surface area contributed by atoms with Gasteiger partial charge in [0.1, 0.15) is 11.6 Å². The Hall–Kier alpha value is -4.77. The summed E-state index contributed by atoms with van der Waals surface area (Å²) in [6.45, 7) is -1.04. The summed E-state index contributed by atoms with van der Waals surface area (Å²) in [7, 11) is 0. The van der Waals surface area contributed by atoms with Crippen LogP contribution in [0.5, 0.6) is 5.75 Å². The summed E-state index contributed by atoms with van der Waals surface area (Å²) < 4.78 is 97.6. The number of halogens is 7. The number of aryl methyl sites for hydroxylation is 2. The minimum absolute atomic E-state index is 0.0102. The van der Waals surface area contributed by atoms with E-state index in [1.807, 2.05) is 12.1 Å². The van der Waals surface area contributed by atoms with Gasteiger partial charge in [-0.25, -0.2) is 9.18 Å². The highest BCUT2D eigenvalue weighted by Crippen LogP contribution is 2.34. The first-order valence-corrected chi connectivity index (χ1v) is 14.0. The summed E-state index contributed by atoms with van der Waals surface area (Å²) in [5.41, 5.74) is 3.23. The number of benzene rings is 1. The molecule has 1 N–H and O–H groups in total. The molecule has 2 aromatic heterocycles. The van der Waals surface area contributed by atoms with Crippen molar-refractivity contribution in [1.82, 2.24) is 35.4 Å². The highest BCUT2D eigenvalue weighted by molar-refractivity contribution is 5.91. The number of aromatic nitrogens is 5. The van der Waals surface area contributed by atoms with E-state index in [-0.39, 0.29) is 30.3 Å². The van der Waals surface area contributed by atoms with E-state index in [2.05, 4.69) is 35.3 Å². The molecule has 0 saturated carbocycles. The molecule has 1 aromatic carbocycles. The number of fused-ring (bicyclic) bond motifs is 1. The lowest BCUT2D eigenvalue weighted by Gasteiger charge is -2.39. The van der Waals surface area contributed by atoms with E-state index < -0.39 is 49.3 Å². The van der Waals surface area contributed by atoms with Crippen LogP contribution in [0.3, 0.4) is 0 Å². The summed E-state index contributed by atoms with van der Waals surface area (Å²) in [6.07, 6.45) is -4.61. The molecule has 1 aliphatic heterocycles. The maximum atomic E-state index is 14.0. The fourth-order valence-corrected chi connectivity index (χ4v) is 4.90. The van der Waals surface area contributed by atoms with E-state index in [0.717, 1.165) is 40.7 Å². The molecular formula is C28H26F7N7O4. The molecule has 246 valence electrons. The van der Waals surface area contributed by atoms with Crippen LogP contribution < -0.4 is 10.1 Å².